The number of benzene rings is 1. The van der Waals surface area contributed by atoms with Gasteiger partial charge in [-0.1, -0.05) is 12.1 Å². The molecule has 0 saturated heterocycles. The number of carbonyl (C=O) groups excluding carboxylic acids is 2. The number of ether oxygens (including phenoxy) is 1. The molecule has 1 aliphatic carbocycles. The SMILES string of the molecule is NC(=O)c1c(NC(=O)COc2ccccc2I)sc2c1CCC2. The maximum atomic E-state index is 12.1. The number of carbonyl (C=O) groups is 2. The highest BCUT2D eigenvalue weighted by Crippen LogP contribution is 2.38. The van der Waals surface area contributed by atoms with E-state index in [2.05, 4.69) is 27.9 Å². The second-order valence-electron chi connectivity index (χ2n) is 5.19. The molecule has 23 heavy (non-hydrogen) atoms. The Hall–Kier alpha value is -1.61. The summed E-state index contributed by atoms with van der Waals surface area (Å²) < 4.78 is 6.45. The summed E-state index contributed by atoms with van der Waals surface area (Å²) in [4.78, 5) is 25.0. The molecular weight excluding hydrogens is 427 g/mol. The fraction of sp³-hybridized carbons (Fsp3) is 0.250. The van der Waals surface area contributed by atoms with Gasteiger partial charge in [0.15, 0.2) is 6.61 Å². The molecule has 1 aromatic heterocycles. The van der Waals surface area contributed by atoms with Crippen molar-refractivity contribution in [1.82, 2.24) is 0 Å². The molecule has 1 aromatic carbocycles. The number of nitrogens with two attached hydrogens (primary N) is 1. The van der Waals surface area contributed by atoms with Crippen LogP contribution in [0.15, 0.2) is 24.3 Å². The molecular formula is C16H15IN2O3S. The van der Waals surface area contributed by atoms with Crippen LogP contribution in [-0.2, 0) is 17.6 Å². The topological polar surface area (TPSA) is 81.4 Å². The Balaban J connectivity index is 1.69. The van der Waals surface area contributed by atoms with Crippen molar-refractivity contribution in [1.29, 1.82) is 0 Å². The van der Waals surface area contributed by atoms with Crippen LogP contribution in [-0.4, -0.2) is 18.4 Å². The van der Waals surface area contributed by atoms with Crippen molar-refractivity contribution in [3.05, 3.63) is 43.8 Å². The van der Waals surface area contributed by atoms with Crippen molar-refractivity contribution in [2.75, 3.05) is 11.9 Å². The molecule has 7 heteroatoms. The molecule has 5 nitrogen and oxygen atoms in total. The Labute approximate surface area is 151 Å². The van der Waals surface area contributed by atoms with E-state index in [0.717, 1.165) is 33.3 Å². The number of fused-ring (bicyclic) bond motifs is 1. The first-order chi connectivity index (χ1) is 11.1. The van der Waals surface area contributed by atoms with Crippen LogP contribution in [0.5, 0.6) is 5.75 Å². The van der Waals surface area contributed by atoms with Gasteiger partial charge >= 0.3 is 0 Å². The van der Waals surface area contributed by atoms with Crippen molar-refractivity contribution >= 4 is 50.7 Å². The molecule has 0 aliphatic heterocycles. The van der Waals surface area contributed by atoms with Crippen LogP contribution >= 0.6 is 33.9 Å². The smallest absolute Gasteiger partial charge is 0.262 e. The van der Waals surface area contributed by atoms with Gasteiger partial charge < -0.3 is 15.8 Å². The van der Waals surface area contributed by atoms with Gasteiger partial charge in [0.2, 0.25) is 0 Å². The van der Waals surface area contributed by atoms with Crippen LogP contribution in [0.3, 0.4) is 0 Å². The monoisotopic (exact) mass is 442 g/mol. The first-order valence-corrected chi connectivity index (χ1v) is 9.07. The molecule has 0 unspecified atom stereocenters. The molecule has 0 atom stereocenters. The van der Waals surface area contributed by atoms with Crippen molar-refractivity contribution < 1.29 is 14.3 Å². The minimum Gasteiger partial charge on any atom is -0.483 e. The van der Waals surface area contributed by atoms with Crippen LogP contribution in [0.4, 0.5) is 5.00 Å². The summed E-state index contributed by atoms with van der Waals surface area (Å²) in [6.07, 6.45) is 2.82. The molecule has 1 heterocycles. The van der Waals surface area contributed by atoms with E-state index < -0.39 is 5.91 Å². The molecule has 3 N–H and O–H groups in total. The number of anilines is 1. The molecule has 0 radical (unpaired) electrons. The molecule has 0 bridgehead atoms. The maximum Gasteiger partial charge on any atom is 0.262 e. The largest absolute Gasteiger partial charge is 0.483 e. The standard InChI is InChI=1S/C16H15IN2O3S/c17-10-5-1-2-6-11(10)22-8-13(20)19-16-14(15(18)21)9-4-3-7-12(9)23-16/h1-2,5-6H,3-4,7-8H2,(H2,18,21)(H,19,20). The van der Waals surface area contributed by atoms with Gasteiger partial charge in [-0.25, -0.2) is 0 Å². The summed E-state index contributed by atoms with van der Waals surface area (Å²) in [7, 11) is 0. The zero-order valence-corrected chi connectivity index (χ0v) is 15.2. The summed E-state index contributed by atoms with van der Waals surface area (Å²) in [5.41, 5.74) is 6.94. The maximum absolute atomic E-state index is 12.1. The number of hydrogen-bond acceptors (Lipinski definition) is 4. The third-order valence-electron chi connectivity index (χ3n) is 3.62. The molecule has 2 aromatic rings. The number of thiophene rings is 1. The summed E-state index contributed by atoms with van der Waals surface area (Å²) in [5, 5.41) is 3.30. The highest BCUT2D eigenvalue weighted by molar-refractivity contribution is 14.1. The number of primary amides is 1. The van der Waals surface area contributed by atoms with Crippen molar-refractivity contribution in [3.8, 4) is 5.75 Å². The van der Waals surface area contributed by atoms with Crippen LogP contribution < -0.4 is 15.8 Å². The minimum absolute atomic E-state index is 0.110. The lowest BCUT2D eigenvalue weighted by atomic mass is 10.1. The van der Waals surface area contributed by atoms with E-state index in [1.54, 1.807) is 0 Å². The van der Waals surface area contributed by atoms with E-state index in [1.807, 2.05) is 24.3 Å². The number of hydrogen-bond donors (Lipinski definition) is 2. The lowest BCUT2D eigenvalue weighted by Gasteiger charge is -2.09. The van der Waals surface area contributed by atoms with Crippen LogP contribution in [0.2, 0.25) is 0 Å². The molecule has 3 rings (SSSR count). The van der Waals surface area contributed by atoms with Gasteiger partial charge in [0, 0.05) is 4.88 Å². The zero-order chi connectivity index (χ0) is 16.4. The van der Waals surface area contributed by atoms with E-state index in [-0.39, 0.29) is 12.5 Å². The fourth-order valence-electron chi connectivity index (χ4n) is 2.62. The highest BCUT2D eigenvalue weighted by atomic mass is 127. The average Bonchev–Trinajstić information content (AvgIpc) is 3.06. The predicted octanol–water partition coefficient (Wildman–Crippen LogP) is 2.96. The first kappa shape index (κ1) is 16.3. The van der Waals surface area contributed by atoms with Crippen LogP contribution in [0.1, 0.15) is 27.2 Å². The van der Waals surface area contributed by atoms with Gasteiger partial charge in [0.1, 0.15) is 10.8 Å². The average molecular weight is 442 g/mol. The van der Waals surface area contributed by atoms with Gasteiger partial charge in [-0.2, -0.15) is 0 Å². The minimum atomic E-state index is -0.488. The van der Waals surface area contributed by atoms with Crippen LogP contribution in [0, 0.1) is 3.57 Å². The van der Waals surface area contributed by atoms with Crippen molar-refractivity contribution in [2.24, 2.45) is 5.73 Å². The van der Waals surface area contributed by atoms with Crippen molar-refractivity contribution in [2.45, 2.75) is 19.3 Å². The Morgan fingerprint density at radius 3 is 2.83 bits per heavy atom. The van der Waals surface area contributed by atoms with Gasteiger partial charge in [0.25, 0.3) is 11.8 Å². The third kappa shape index (κ3) is 3.50. The first-order valence-electron chi connectivity index (χ1n) is 7.17. The molecule has 1 aliphatic rings. The Bertz CT molecular complexity index is 773. The molecule has 2 amide bonds. The number of para-hydroxylation sites is 1. The quantitative estimate of drug-likeness (QED) is 0.699. The molecule has 0 spiro atoms. The number of amides is 2. The Morgan fingerprint density at radius 1 is 1.30 bits per heavy atom. The van der Waals surface area contributed by atoms with Crippen LogP contribution in [0.25, 0.3) is 0 Å². The lowest BCUT2D eigenvalue weighted by Crippen LogP contribution is -2.22. The zero-order valence-electron chi connectivity index (χ0n) is 12.2. The van der Waals surface area contributed by atoms with E-state index in [9.17, 15) is 9.59 Å². The third-order valence-corrected chi connectivity index (χ3v) is 5.71. The van der Waals surface area contributed by atoms with Gasteiger partial charge in [-0.3, -0.25) is 9.59 Å². The van der Waals surface area contributed by atoms with E-state index >= 15 is 0 Å². The second-order valence-corrected chi connectivity index (χ2v) is 7.46. The van der Waals surface area contributed by atoms with E-state index in [0.29, 0.717) is 16.3 Å². The molecule has 120 valence electrons. The van der Waals surface area contributed by atoms with Gasteiger partial charge in [0.05, 0.1) is 9.13 Å². The Morgan fingerprint density at radius 2 is 2.09 bits per heavy atom. The number of nitrogens with one attached hydrogen (secondary N) is 1. The summed E-state index contributed by atoms with van der Waals surface area (Å²) in [6.45, 7) is -0.110. The number of rotatable bonds is 5. The van der Waals surface area contributed by atoms with E-state index in [4.69, 9.17) is 10.5 Å². The Kier molecular flexibility index (Phi) is 4.86. The van der Waals surface area contributed by atoms with Gasteiger partial charge in [-0.15, -0.1) is 11.3 Å². The summed E-state index contributed by atoms with van der Waals surface area (Å²) in [5.74, 6) is -0.127. The van der Waals surface area contributed by atoms with Crippen molar-refractivity contribution in [3.63, 3.8) is 0 Å². The molecule has 0 fully saturated rings. The fourth-order valence-corrected chi connectivity index (χ4v) is 4.47. The lowest BCUT2D eigenvalue weighted by molar-refractivity contribution is -0.118. The summed E-state index contributed by atoms with van der Waals surface area (Å²) >= 11 is 3.59. The van der Waals surface area contributed by atoms with E-state index in [1.165, 1.54) is 11.3 Å². The normalized spacial score (nSPS) is 12.7. The highest BCUT2D eigenvalue weighted by Gasteiger charge is 2.26. The molecule has 0 saturated carbocycles. The predicted molar refractivity (Wildman–Crippen MR) is 98.1 cm³/mol. The number of aryl methyl sites for hydroxylation is 1. The second kappa shape index (κ2) is 6.88. The summed E-state index contributed by atoms with van der Waals surface area (Å²) in [6, 6.07) is 7.47. The van der Waals surface area contributed by atoms with Gasteiger partial charge in [-0.05, 0) is 59.5 Å². The number of halogens is 1.